The molecule has 5 nitrogen and oxygen atoms in total. The van der Waals surface area contributed by atoms with Crippen LogP contribution >= 0.6 is 0 Å². The molecule has 1 saturated heterocycles. The van der Waals surface area contributed by atoms with Gasteiger partial charge < -0.3 is 21.1 Å². The van der Waals surface area contributed by atoms with Gasteiger partial charge >= 0.3 is 5.97 Å². The number of nitrogens with zero attached hydrogens (tertiary/aromatic N) is 1. The first kappa shape index (κ1) is 10.8. The molecular formula is C11H15N3O2. The Hall–Kier alpha value is -1.75. The van der Waals surface area contributed by atoms with Crippen LogP contribution in [0.15, 0.2) is 18.2 Å². The number of hydrogen-bond donors (Lipinski definition) is 3. The third kappa shape index (κ3) is 2.09. The predicted molar refractivity (Wildman–Crippen MR) is 62.9 cm³/mol. The second kappa shape index (κ2) is 4.40. The van der Waals surface area contributed by atoms with Crippen LogP contribution in [0.3, 0.4) is 0 Å². The van der Waals surface area contributed by atoms with Crippen LogP contribution in [-0.2, 0) is 0 Å². The Balaban J connectivity index is 2.27. The van der Waals surface area contributed by atoms with Crippen molar-refractivity contribution < 1.29 is 9.90 Å². The molecule has 0 aliphatic carbocycles. The van der Waals surface area contributed by atoms with Gasteiger partial charge in [0.2, 0.25) is 0 Å². The van der Waals surface area contributed by atoms with Crippen molar-refractivity contribution in [3.8, 4) is 0 Å². The molecule has 0 radical (unpaired) electrons. The molecule has 0 atom stereocenters. The first-order chi connectivity index (χ1) is 7.68. The van der Waals surface area contributed by atoms with E-state index in [0.29, 0.717) is 5.69 Å². The summed E-state index contributed by atoms with van der Waals surface area (Å²) < 4.78 is 0. The number of nitrogens with two attached hydrogens (primary N) is 1. The molecule has 2 rings (SSSR count). The van der Waals surface area contributed by atoms with E-state index >= 15 is 0 Å². The highest BCUT2D eigenvalue weighted by molar-refractivity contribution is 5.94. The van der Waals surface area contributed by atoms with E-state index in [-0.39, 0.29) is 5.56 Å². The molecule has 1 heterocycles. The second-order valence-corrected chi connectivity index (χ2v) is 3.81. The zero-order valence-electron chi connectivity index (χ0n) is 8.94. The third-order valence-corrected chi connectivity index (χ3v) is 2.75. The molecular weight excluding hydrogens is 206 g/mol. The molecule has 0 spiro atoms. The molecule has 1 aliphatic heterocycles. The number of nitrogens with one attached hydrogen (secondary N) is 1. The summed E-state index contributed by atoms with van der Waals surface area (Å²) >= 11 is 0. The summed E-state index contributed by atoms with van der Waals surface area (Å²) in [5.74, 6) is -0.977. The maximum Gasteiger partial charge on any atom is 0.337 e. The summed E-state index contributed by atoms with van der Waals surface area (Å²) in [7, 11) is 0. The van der Waals surface area contributed by atoms with E-state index in [1.807, 2.05) is 6.07 Å². The molecule has 0 unspecified atom stereocenters. The van der Waals surface area contributed by atoms with E-state index in [2.05, 4.69) is 10.2 Å². The standard InChI is InChI=1S/C11H15N3O2/c12-10-2-1-8(7-9(10)11(15)16)14-5-3-13-4-6-14/h1-2,7,13H,3-6,12H2,(H,15,16). The maximum absolute atomic E-state index is 10.9. The van der Waals surface area contributed by atoms with Crippen LogP contribution in [0.5, 0.6) is 0 Å². The van der Waals surface area contributed by atoms with Crippen LogP contribution in [0.4, 0.5) is 11.4 Å². The number of carbonyl (C=O) groups is 1. The number of rotatable bonds is 2. The van der Waals surface area contributed by atoms with Gasteiger partial charge in [-0.15, -0.1) is 0 Å². The Morgan fingerprint density at radius 1 is 1.38 bits per heavy atom. The van der Waals surface area contributed by atoms with Crippen molar-refractivity contribution in [2.45, 2.75) is 0 Å². The average molecular weight is 221 g/mol. The zero-order valence-corrected chi connectivity index (χ0v) is 8.94. The molecule has 1 aliphatic rings. The van der Waals surface area contributed by atoms with E-state index in [1.165, 1.54) is 0 Å². The minimum atomic E-state index is -0.977. The van der Waals surface area contributed by atoms with Crippen LogP contribution in [-0.4, -0.2) is 37.3 Å². The Morgan fingerprint density at radius 3 is 2.69 bits per heavy atom. The highest BCUT2D eigenvalue weighted by atomic mass is 16.4. The zero-order chi connectivity index (χ0) is 11.5. The number of carboxylic acid groups (broad SMARTS) is 1. The number of benzene rings is 1. The molecule has 1 aromatic carbocycles. The van der Waals surface area contributed by atoms with E-state index < -0.39 is 5.97 Å². The lowest BCUT2D eigenvalue weighted by Gasteiger charge is -2.29. The van der Waals surface area contributed by atoms with Crippen molar-refractivity contribution in [3.05, 3.63) is 23.8 Å². The molecule has 0 bridgehead atoms. The number of carboxylic acids is 1. The number of anilines is 2. The van der Waals surface area contributed by atoms with Gasteiger partial charge in [-0.05, 0) is 18.2 Å². The fraction of sp³-hybridized carbons (Fsp3) is 0.364. The lowest BCUT2D eigenvalue weighted by Crippen LogP contribution is -2.43. The van der Waals surface area contributed by atoms with Gasteiger partial charge in [-0.25, -0.2) is 4.79 Å². The molecule has 86 valence electrons. The van der Waals surface area contributed by atoms with E-state index in [9.17, 15) is 4.79 Å². The van der Waals surface area contributed by atoms with Crippen molar-refractivity contribution in [3.63, 3.8) is 0 Å². The molecule has 4 N–H and O–H groups in total. The molecule has 0 amide bonds. The maximum atomic E-state index is 10.9. The number of nitrogen functional groups attached to an aromatic ring is 1. The highest BCUT2D eigenvalue weighted by Gasteiger charge is 2.14. The van der Waals surface area contributed by atoms with Gasteiger partial charge in [0.05, 0.1) is 5.56 Å². The van der Waals surface area contributed by atoms with Gasteiger partial charge in [0.1, 0.15) is 0 Å². The van der Waals surface area contributed by atoms with Crippen molar-refractivity contribution >= 4 is 17.3 Å². The quantitative estimate of drug-likeness (QED) is 0.629. The summed E-state index contributed by atoms with van der Waals surface area (Å²) in [5.41, 5.74) is 7.02. The number of hydrogen-bond acceptors (Lipinski definition) is 4. The summed E-state index contributed by atoms with van der Waals surface area (Å²) in [6.45, 7) is 3.63. The highest BCUT2D eigenvalue weighted by Crippen LogP contribution is 2.21. The summed E-state index contributed by atoms with van der Waals surface area (Å²) in [6, 6.07) is 5.16. The first-order valence-corrected chi connectivity index (χ1v) is 5.27. The largest absolute Gasteiger partial charge is 0.478 e. The smallest absolute Gasteiger partial charge is 0.337 e. The Kier molecular flexibility index (Phi) is 2.96. The molecule has 0 aromatic heterocycles. The van der Waals surface area contributed by atoms with Gasteiger partial charge in [0.15, 0.2) is 0 Å². The molecule has 1 fully saturated rings. The van der Waals surface area contributed by atoms with E-state index in [1.54, 1.807) is 12.1 Å². The van der Waals surface area contributed by atoms with Gasteiger partial charge in [-0.2, -0.15) is 0 Å². The van der Waals surface area contributed by atoms with Crippen LogP contribution < -0.4 is 16.0 Å². The summed E-state index contributed by atoms with van der Waals surface area (Å²) in [4.78, 5) is 13.1. The Morgan fingerprint density at radius 2 is 2.06 bits per heavy atom. The predicted octanol–water partition coefficient (Wildman–Crippen LogP) is 0.377. The lowest BCUT2D eigenvalue weighted by molar-refractivity contribution is 0.0698. The molecule has 1 aromatic rings. The average Bonchev–Trinajstić information content (AvgIpc) is 2.30. The molecule has 0 saturated carbocycles. The monoisotopic (exact) mass is 221 g/mol. The van der Waals surface area contributed by atoms with Crippen LogP contribution in [0, 0.1) is 0 Å². The Labute approximate surface area is 93.9 Å². The topological polar surface area (TPSA) is 78.6 Å². The van der Waals surface area contributed by atoms with Gasteiger partial charge in [0.25, 0.3) is 0 Å². The normalized spacial score (nSPS) is 16.1. The summed E-state index contributed by atoms with van der Waals surface area (Å²) in [6.07, 6.45) is 0. The van der Waals surface area contributed by atoms with Gasteiger partial charge in [-0.1, -0.05) is 0 Å². The van der Waals surface area contributed by atoms with E-state index in [4.69, 9.17) is 10.8 Å². The SMILES string of the molecule is Nc1ccc(N2CCNCC2)cc1C(=O)O. The molecule has 5 heteroatoms. The van der Waals surface area contributed by atoms with E-state index in [0.717, 1.165) is 31.9 Å². The number of piperazine rings is 1. The van der Waals surface area contributed by atoms with Crippen LogP contribution in [0.25, 0.3) is 0 Å². The van der Waals surface area contributed by atoms with Crippen LogP contribution in [0.2, 0.25) is 0 Å². The van der Waals surface area contributed by atoms with Crippen molar-refractivity contribution in [2.24, 2.45) is 0 Å². The van der Waals surface area contributed by atoms with Gasteiger partial charge in [0, 0.05) is 37.6 Å². The minimum Gasteiger partial charge on any atom is -0.478 e. The van der Waals surface area contributed by atoms with Crippen molar-refractivity contribution in [1.29, 1.82) is 0 Å². The van der Waals surface area contributed by atoms with Crippen molar-refractivity contribution in [1.82, 2.24) is 5.32 Å². The fourth-order valence-corrected chi connectivity index (χ4v) is 1.85. The first-order valence-electron chi connectivity index (χ1n) is 5.27. The number of aromatic carboxylic acids is 1. The third-order valence-electron chi connectivity index (χ3n) is 2.75. The summed E-state index contributed by atoms with van der Waals surface area (Å²) in [5, 5.41) is 12.2. The second-order valence-electron chi connectivity index (χ2n) is 3.81. The lowest BCUT2D eigenvalue weighted by atomic mass is 10.1. The Bertz CT molecular complexity index is 400. The minimum absolute atomic E-state index is 0.177. The van der Waals surface area contributed by atoms with Crippen LogP contribution in [0.1, 0.15) is 10.4 Å². The molecule has 16 heavy (non-hydrogen) atoms. The fourth-order valence-electron chi connectivity index (χ4n) is 1.85. The van der Waals surface area contributed by atoms with Crippen molar-refractivity contribution in [2.75, 3.05) is 36.8 Å². The van der Waals surface area contributed by atoms with Gasteiger partial charge in [-0.3, -0.25) is 0 Å².